The van der Waals surface area contributed by atoms with E-state index in [-0.39, 0.29) is 6.04 Å². The average molecular weight is 333 g/mol. The van der Waals surface area contributed by atoms with Gasteiger partial charge >= 0.3 is 0 Å². The third-order valence-corrected chi connectivity index (χ3v) is 5.03. The molecule has 0 saturated carbocycles. The zero-order valence-electron chi connectivity index (χ0n) is 14.7. The van der Waals surface area contributed by atoms with Crippen molar-refractivity contribution in [2.24, 2.45) is 0 Å². The predicted octanol–water partition coefficient (Wildman–Crippen LogP) is 3.99. The lowest BCUT2D eigenvalue weighted by Gasteiger charge is -2.20. The van der Waals surface area contributed by atoms with Crippen molar-refractivity contribution in [3.05, 3.63) is 70.9 Å². The second-order valence-electron chi connectivity index (χ2n) is 6.96. The maximum atomic E-state index is 9.39. The summed E-state index contributed by atoms with van der Waals surface area (Å²) in [6.45, 7) is 4.19. The highest BCUT2D eigenvalue weighted by molar-refractivity contribution is 5.68. The molecule has 1 aliphatic carbocycles. The molecule has 4 rings (SSSR count). The van der Waals surface area contributed by atoms with Crippen LogP contribution < -0.4 is 5.48 Å². The van der Waals surface area contributed by atoms with E-state index >= 15 is 0 Å². The second kappa shape index (κ2) is 6.47. The van der Waals surface area contributed by atoms with Gasteiger partial charge in [0.05, 0.1) is 17.1 Å². The molecule has 0 aliphatic heterocycles. The molecule has 0 bridgehead atoms. The molecule has 4 nitrogen and oxygen atoms in total. The van der Waals surface area contributed by atoms with Gasteiger partial charge in [-0.05, 0) is 45.2 Å². The maximum absolute atomic E-state index is 9.39. The Hall–Kier alpha value is -2.43. The topological polar surface area (TPSA) is 50.1 Å². The lowest BCUT2D eigenvalue weighted by molar-refractivity contribution is 0.119. The summed E-state index contributed by atoms with van der Waals surface area (Å²) in [6, 6.07) is 17.2. The number of aryl methyl sites for hydroxylation is 3. The van der Waals surface area contributed by atoms with E-state index in [0.717, 1.165) is 36.3 Å². The van der Waals surface area contributed by atoms with E-state index in [1.54, 1.807) is 0 Å². The van der Waals surface area contributed by atoms with Crippen molar-refractivity contribution in [3.8, 4) is 16.9 Å². The Morgan fingerprint density at radius 1 is 1.00 bits per heavy atom. The smallest absolute Gasteiger partial charge is 0.0776 e. The van der Waals surface area contributed by atoms with Crippen LogP contribution in [0.4, 0.5) is 0 Å². The molecular formula is C21H23N3O. The highest BCUT2D eigenvalue weighted by Crippen LogP contribution is 2.33. The molecular weight excluding hydrogens is 310 g/mol. The van der Waals surface area contributed by atoms with E-state index in [1.807, 2.05) is 0 Å². The molecule has 25 heavy (non-hydrogen) atoms. The maximum Gasteiger partial charge on any atom is 0.0776 e. The van der Waals surface area contributed by atoms with Crippen LogP contribution in [-0.4, -0.2) is 21.0 Å². The minimum Gasteiger partial charge on any atom is -0.317 e. The monoisotopic (exact) mass is 333 g/mol. The Morgan fingerprint density at radius 2 is 1.64 bits per heavy atom. The Balaban J connectivity index is 1.90. The van der Waals surface area contributed by atoms with Gasteiger partial charge in [-0.2, -0.15) is 5.10 Å². The number of hydrogen-bond donors (Lipinski definition) is 2. The highest BCUT2D eigenvalue weighted by Gasteiger charge is 2.27. The molecule has 0 amide bonds. The van der Waals surface area contributed by atoms with Crippen molar-refractivity contribution in [1.29, 1.82) is 0 Å². The molecule has 1 atom stereocenters. The fraction of sp³-hybridized carbons (Fsp3) is 0.286. The lowest BCUT2D eigenvalue weighted by Crippen LogP contribution is -2.31. The molecule has 1 aromatic heterocycles. The molecule has 0 fully saturated rings. The van der Waals surface area contributed by atoms with Crippen LogP contribution in [0.5, 0.6) is 0 Å². The summed E-state index contributed by atoms with van der Waals surface area (Å²) in [6.07, 6.45) is 2.58. The van der Waals surface area contributed by atoms with E-state index < -0.39 is 0 Å². The fourth-order valence-corrected chi connectivity index (χ4v) is 3.56. The van der Waals surface area contributed by atoms with Crippen molar-refractivity contribution < 1.29 is 5.21 Å². The quantitative estimate of drug-likeness (QED) is 0.713. The number of benzene rings is 2. The van der Waals surface area contributed by atoms with Crippen molar-refractivity contribution >= 4 is 0 Å². The largest absolute Gasteiger partial charge is 0.317 e. The molecule has 2 aromatic carbocycles. The summed E-state index contributed by atoms with van der Waals surface area (Å²) in [5, 5.41) is 14.3. The van der Waals surface area contributed by atoms with Gasteiger partial charge in [-0.15, -0.1) is 0 Å². The molecule has 0 saturated heterocycles. The van der Waals surface area contributed by atoms with Gasteiger partial charge in [0.1, 0.15) is 0 Å². The van der Waals surface area contributed by atoms with Crippen LogP contribution in [0.15, 0.2) is 48.5 Å². The summed E-state index contributed by atoms with van der Waals surface area (Å²) < 4.78 is 2.06. The number of hydrogen-bond acceptors (Lipinski definition) is 3. The Bertz CT molecular complexity index is 879. The van der Waals surface area contributed by atoms with E-state index in [0.29, 0.717) is 0 Å². The molecule has 0 spiro atoms. The van der Waals surface area contributed by atoms with Crippen molar-refractivity contribution in [1.82, 2.24) is 15.3 Å². The second-order valence-corrected chi connectivity index (χ2v) is 6.96. The van der Waals surface area contributed by atoms with Gasteiger partial charge in [0.2, 0.25) is 0 Å². The summed E-state index contributed by atoms with van der Waals surface area (Å²) in [4.78, 5) is 0. The molecule has 128 valence electrons. The summed E-state index contributed by atoms with van der Waals surface area (Å²) >= 11 is 0. The van der Waals surface area contributed by atoms with Crippen molar-refractivity contribution in [3.63, 3.8) is 0 Å². The molecule has 4 heteroatoms. The molecule has 3 aromatic rings. The van der Waals surface area contributed by atoms with Crippen LogP contribution in [0.3, 0.4) is 0 Å². The molecule has 1 heterocycles. The SMILES string of the molecule is Cc1ccc(-c2c3c(nn2-c2ccc(C)cc2)CCC(NO)C3)cc1. The Labute approximate surface area is 148 Å². The molecule has 1 aliphatic rings. The first kappa shape index (κ1) is 16.1. The summed E-state index contributed by atoms with van der Waals surface area (Å²) in [5.74, 6) is 0. The third kappa shape index (κ3) is 2.99. The zero-order chi connectivity index (χ0) is 17.4. The van der Waals surface area contributed by atoms with Crippen LogP contribution in [-0.2, 0) is 12.8 Å². The van der Waals surface area contributed by atoms with Gasteiger partial charge in [-0.25, -0.2) is 10.2 Å². The number of fused-ring (bicyclic) bond motifs is 1. The third-order valence-electron chi connectivity index (χ3n) is 5.03. The lowest BCUT2D eigenvalue weighted by atomic mass is 9.90. The van der Waals surface area contributed by atoms with Crippen LogP contribution in [0, 0.1) is 13.8 Å². The Kier molecular flexibility index (Phi) is 4.15. The van der Waals surface area contributed by atoms with E-state index in [4.69, 9.17) is 5.10 Å². The van der Waals surface area contributed by atoms with Gasteiger partial charge in [0.25, 0.3) is 0 Å². The minimum atomic E-state index is 0.0902. The number of nitrogens with one attached hydrogen (secondary N) is 1. The molecule has 2 N–H and O–H groups in total. The average Bonchev–Trinajstić information content (AvgIpc) is 3.01. The van der Waals surface area contributed by atoms with E-state index in [9.17, 15) is 5.21 Å². The van der Waals surface area contributed by atoms with Gasteiger partial charge in [-0.3, -0.25) is 0 Å². The van der Waals surface area contributed by atoms with Crippen molar-refractivity contribution in [2.75, 3.05) is 0 Å². The first-order valence-corrected chi connectivity index (χ1v) is 8.80. The van der Waals surface area contributed by atoms with Gasteiger partial charge < -0.3 is 5.21 Å². The number of rotatable bonds is 3. The first-order chi connectivity index (χ1) is 12.2. The van der Waals surface area contributed by atoms with Crippen molar-refractivity contribution in [2.45, 2.75) is 39.2 Å². The van der Waals surface area contributed by atoms with Crippen LogP contribution in [0.2, 0.25) is 0 Å². The normalized spacial score (nSPS) is 16.7. The number of hydroxylamine groups is 1. The number of aromatic nitrogens is 2. The molecule has 1 unspecified atom stereocenters. The zero-order valence-corrected chi connectivity index (χ0v) is 14.7. The molecule has 0 radical (unpaired) electrons. The minimum absolute atomic E-state index is 0.0902. The summed E-state index contributed by atoms with van der Waals surface area (Å²) in [7, 11) is 0. The first-order valence-electron chi connectivity index (χ1n) is 8.80. The van der Waals surface area contributed by atoms with Gasteiger partial charge in [0, 0.05) is 17.2 Å². The summed E-state index contributed by atoms with van der Waals surface area (Å²) in [5.41, 5.74) is 10.7. The number of nitrogens with zero attached hydrogens (tertiary/aromatic N) is 2. The van der Waals surface area contributed by atoms with E-state index in [1.165, 1.54) is 22.3 Å². The van der Waals surface area contributed by atoms with Gasteiger partial charge in [-0.1, -0.05) is 47.5 Å². The van der Waals surface area contributed by atoms with Crippen LogP contribution in [0.25, 0.3) is 16.9 Å². The van der Waals surface area contributed by atoms with E-state index in [2.05, 4.69) is 72.5 Å². The van der Waals surface area contributed by atoms with Crippen LogP contribution >= 0.6 is 0 Å². The van der Waals surface area contributed by atoms with Gasteiger partial charge in [0.15, 0.2) is 0 Å². The standard InChI is InChI=1S/C21H23N3O/c1-14-3-7-16(8-4-14)21-19-13-17(23-25)9-12-20(19)22-24(21)18-10-5-15(2)6-11-18/h3-8,10-11,17,23,25H,9,12-13H2,1-2H3. The fourth-order valence-electron chi connectivity index (χ4n) is 3.56. The Morgan fingerprint density at radius 3 is 2.28 bits per heavy atom. The predicted molar refractivity (Wildman–Crippen MR) is 99.2 cm³/mol. The highest BCUT2D eigenvalue weighted by atomic mass is 16.5. The van der Waals surface area contributed by atoms with Crippen LogP contribution in [0.1, 0.15) is 28.8 Å².